The van der Waals surface area contributed by atoms with E-state index in [4.69, 9.17) is 4.74 Å². The predicted molar refractivity (Wildman–Crippen MR) is 81.0 cm³/mol. The highest BCUT2D eigenvalue weighted by Crippen LogP contribution is 2.24. The van der Waals surface area contributed by atoms with E-state index in [1.165, 1.54) is 11.3 Å². The van der Waals surface area contributed by atoms with Gasteiger partial charge in [-0.25, -0.2) is 4.79 Å². The Morgan fingerprint density at radius 3 is 2.85 bits per heavy atom. The molecule has 6 heteroatoms. The predicted octanol–water partition coefficient (Wildman–Crippen LogP) is 2.07. The third-order valence-electron chi connectivity index (χ3n) is 2.70. The summed E-state index contributed by atoms with van der Waals surface area (Å²) in [6, 6.07) is 3.46. The Morgan fingerprint density at radius 2 is 2.25 bits per heavy atom. The summed E-state index contributed by atoms with van der Waals surface area (Å²) in [6.45, 7) is 7.02. The lowest BCUT2D eigenvalue weighted by Crippen LogP contribution is -2.43. The molecular weight excluding hydrogens is 276 g/mol. The zero-order chi connectivity index (χ0) is 15.0. The van der Waals surface area contributed by atoms with E-state index in [-0.39, 0.29) is 18.7 Å². The van der Waals surface area contributed by atoms with E-state index in [9.17, 15) is 9.90 Å². The van der Waals surface area contributed by atoms with Crippen LogP contribution in [0.15, 0.2) is 17.5 Å². The fraction of sp³-hybridized carbons (Fsp3) is 0.643. The van der Waals surface area contributed by atoms with Gasteiger partial charge in [-0.15, -0.1) is 11.3 Å². The normalized spacial score (nSPS) is 14.1. The Balaban J connectivity index is 2.17. The Kier molecular flexibility index (Phi) is 6.98. The van der Waals surface area contributed by atoms with Crippen molar-refractivity contribution >= 4 is 17.4 Å². The number of thiophene rings is 1. The van der Waals surface area contributed by atoms with Gasteiger partial charge in [-0.3, -0.25) is 0 Å². The number of hydrogen-bond acceptors (Lipinski definition) is 4. The van der Waals surface area contributed by atoms with Crippen molar-refractivity contribution in [2.75, 3.05) is 19.7 Å². The van der Waals surface area contributed by atoms with E-state index < -0.39 is 5.60 Å². The number of hydrogen-bond donors (Lipinski definition) is 3. The number of ether oxygens (including phenoxy) is 1. The van der Waals surface area contributed by atoms with Crippen LogP contribution in [0.4, 0.5) is 4.79 Å². The van der Waals surface area contributed by atoms with Crippen LogP contribution >= 0.6 is 11.3 Å². The summed E-state index contributed by atoms with van der Waals surface area (Å²) in [4.78, 5) is 12.4. The smallest absolute Gasteiger partial charge is 0.314 e. The van der Waals surface area contributed by atoms with Gasteiger partial charge in [0.05, 0.1) is 12.6 Å². The highest BCUT2D eigenvalue weighted by Gasteiger charge is 2.24. The van der Waals surface area contributed by atoms with Gasteiger partial charge in [0, 0.05) is 18.0 Å². The van der Waals surface area contributed by atoms with Crippen molar-refractivity contribution in [3.05, 3.63) is 22.4 Å². The summed E-state index contributed by atoms with van der Waals surface area (Å²) in [6.07, 6.45) is 0.983. The fourth-order valence-corrected chi connectivity index (χ4v) is 2.37. The van der Waals surface area contributed by atoms with Gasteiger partial charge >= 0.3 is 6.03 Å². The van der Waals surface area contributed by atoms with Crippen LogP contribution in [0.5, 0.6) is 0 Å². The first-order valence-corrected chi connectivity index (χ1v) is 7.69. The van der Waals surface area contributed by atoms with E-state index in [0.717, 1.165) is 11.3 Å². The lowest BCUT2D eigenvalue weighted by molar-refractivity contribution is 0.0628. The van der Waals surface area contributed by atoms with E-state index in [1.807, 2.05) is 31.4 Å². The van der Waals surface area contributed by atoms with Crippen molar-refractivity contribution < 1.29 is 14.6 Å². The van der Waals surface area contributed by atoms with Gasteiger partial charge in [-0.05, 0) is 38.6 Å². The zero-order valence-corrected chi connectivity index (χ0v) is 13.1. The maximum absolute atomic E-state index is 11.6. The second-order valence-corrected chi connectivity index (χ2v) is 6.08. The van der Waals surface area contributed by atoms with Crippen LogP contribution in [0.1, 0.15) is 32.1 Å². The number of carbonyl (C=O) groups is 1. The largest absolute Gasteiger partial charge is 0.383 e. The second-order valence-electron chi connectivity index (χ2n) is 5.13. The third-order valence-corrected chi connectivity index (χ3v) is 3.83. The molecule has 0 aliphatic heterocycles. The minimum Gasteiger partial charge on any atom is -0.383 e. The fourth-order valence-electron chi connectivity index (χ4n) is 1.58. The molecule has 0 aliphatic rings. The summed E-state index contributed by atoms with van der Waals surface area (Å²) < 4.78 is 5.38. The van der Waals surface area contributed by atoms with Crippen molar-refractivity contribution in [1.82, 2.24) is 10.6 Å². The molecule has 0 saturated heterocycles. The number of nitrogens with one attached hydrogen (secondary N) is 2. The van der Waals surface area contributed by atoms with Crippen LogP contribution in [0.25, 0.3) is 0 Å². The molecule has 1 heterocycles. The number of rotatable bonds is 8. The molecule has 1 atom stereocenters. The van der Waals surface area contributed by atoms with Crippen LogP contribution in [-0.2, 0) is 10.3 Å². The number of amides is 2. The monoisotopic (exact) mass is 300 g/mol. The second kappa shape index (κ2) is 8.24. The van der Waals surface area contributed by atoms with Gasteiger partial charge in [0.15, 0.2) is 0 Å². The van der Waals surface area contributed by atoms with Crippen LogP contribution in [0, 0.1) is 0 Å². The van der Waals surface area contributed by atoms with Crippen molar-refractivity contribution in [2.24, 2.45) is 0 Å². The summed E-state index contributed by atoms with van der Waals surface area (Å²) in [7, 11) is 0. The molecule has 1 aromatic rings. The lowest BCUT2D eigenvalue weighted by Gasteiger charge is -2.22. The molecule has 0 aromatic carbocycles. The van der Waals surface area contributed by atoms with Crippen LogP contribution in [0.2, 0.25) is 0 Å². The minimum atomic E-state index is -1.04. The molecule has 3 N–H and O–H groups in total. The van der Waals surface area contributed by atoms with Crippen molar-refractivity contribution in [1.29, 1.82) is 0 Å². The van der Waals surface area contributed by atoms with E-state index in [1.54, 1.807) is 6.92 Å². The standard InChI is InChI=1S/C14H24N2O3S/c1-11(2)19-8-5-7-15-13(17)16-10-14(3,18)12-6-4-9-20-12/h4,6,9,11,18H,5,7-8,10H2,1-3H3,(H2,15,16,17). The number of urea groups is 1. The van der Waals surface area contributed by atoms with Crippen molar-refractivity contribution in [2.45, 2.75) is 38.9 Å². The Labute approximate surface area is 124 Å². The molecule has 0 radical (unpaired) electrons. The quantitative estimate of drug-likeness (QED) is 0.644. The average molecular weight is 300 g/mol. The van der Waals surface area contributed by atoms with Gasteiger partial charge in [0.1, 0.15) is 5.60 Å². The first-order valence-electron chi connectivity index (χ1n) is 6.81. The number of aliphatic hydroxyl groups is 1. The molecule has 0 aliphatic carbocycles. The maximum atomic E-state index is 11.6. The average Bonchev–Trinajstić information content (AvgIpc) is 2.90. The molecule has 0 bridgehead atoms. The zero-order valence-electron chi connectivity index (χ0n) is 12.3. The Morgan fingerprint density at radius 1 is 1.50 bits per heavy atom. The Bertz CT molecular complexity index is 391. The van der Waals surface area contributed by atoms with Crippen LogP contribution in [-0.4, -0.2) is 36.9 Å². The first-order chi connectivity index (χ1) is 9.42. The SMILES string of the molecule is CC(C)OCCCNC(=O)NCC(C)(O)c1cccs1. The van der Waals surface area contributed by atoms with Gasteiger partial charge in [-0.2, -0.15) is 0 Å². The van der Waals surface area contributed by atoms with Gasteiger partial charge in [0.25, 0.3) is 0 Å². The molecule has 0 fully saturated rings. The molecule has 1 aromatic heterocycles. The molecule has 20 heavy (non-hydrogen) atoms. The van der Waals surface area contributed by atoms with E-state index >= 15 is 0 Å². The highest BCUT2D eigenvalue weighted by molar-refractivity contribution is 7.10. The maximum Gasteiger partial charge on any atom is 0.314 e. The topological polar surface area (TPSA) is 70.6 Å². The highest BCUT2D eigenvalue weighted by atomic mass is 32.1. The van der Waals surface area contributed by atoms with Gasteiger partial charge in [0.2, 0.25) is 0 Å². The molecule has 1 rings (SSSR count). The van der Waals surface area contributed by atoms with E-state index in [2.05, 4.69) is 10.6 Å². The van der Waals surface area contributed by atoms with Gasteiger partial charge < -0.3 is 20.5 Å². The van der Waals surface area contributed by atoms with Gasteiger partial charge in [-0.1, -0.05) is 6.07 Å². The van der Waals surface area contributed by atoms with Crippen molar-refractivity contribution in [3.63, 3.8) is 0 Å². The summed E-state index contributed by atoms with van der Waals surface area (Å²) in [5, 5.41) is 17.6. The molecule has 2 amide bonds. The lowest BCUT2D eigenvalue weighted by atomic mass is 10.1. The minimum absolute atomic E-state index is 0.182. The van der Waals surface area contributed by atoms with Crippen LogP contribution < -0.4 is 10.6 Å². The van der Waals surface area contributed by atoms with E-state index in [0.29, 0.717) is 13.2 Å². The Hall–Kier alpha value is -1.11. The molecule has 0 saturated carbocycles. The number of carbonyl (C=O) groups excluding carboxylic acids is 1. The third kappa shape index (κ3) is 6.36. The summed E-state index contributed by atoms with van der Waals surface area (Å²) in [5.74, 6) is 0. The molecule has 5 nitrogen and oxygen atoms in total. The van der Waals surface area contributed by atoms with Crippen LogP contribution in [0.3, 0.4) is 0 Å². The molecule has 114 valence electrons. The summed E-state index contributed by atoms with van der Waals surface area (Å²) in [5.41, 5.74) is -1.04. The van der Waals surface area contributed by atoms with Crippen molar-refractivity contribution in [3.8, 4) is 0 Å². The molecular formula is C14H24N2O3S. The molecule has 0 spiro atoms. The molecule has 1 unspecified atom stereocenters. The summed E-state index contributed by atoms with van der Waals surface area (Å²) >= 11 is 1.47. The first kappa shape index (κ1) is 16.9.